The molecule has 0 amide bonds. The van der Waals surface area contributed by atoms with E-state index in [0.29, 0.717) is 12.2 Å². The minimum Gasteiger partial charge on any atom is -0.291 e. The van der Waals surface area contributed by atoms with Crippen molar-refractivity contribution in [2.24, 2.45) is 4.99 Å². The summed E-state index contributed by atoms with van der Waals surface area (Å²) in [5.41, 5.74) is 1.44. The molecule has 1 aliphatic rings. The molecule has 0 spiro atoms. The maximum Gasteiger partial charge on any atom is 0.239 e. The van der Waals surface area contributed by atoms with E-state index >= 15 is 0 Å². The molecular formula is C18H18N2O2S. The molecular weight excluding hydrogens is 308 g/mol. The van der Waals surface area contributed by atoms with E-state index in [2.05, 4.69) is 4.99 Å². The number of hydrogen-bond acceptors (Lipinski definition) is 3. The van der Waals surface area contributed by atoms with Crippen molar-refractivity contribution >= 4 is 21.9 Å². The third-order valence-electron chi connectivity index (χ3n) is 3.62. The van der Waals surface area contributed by atoms with E-state index in [0.717, 1.165) is 5.56 Å². The largest absolute Gasteiger partial charge is 0.291 e. The normalized spacial score (nSPS) is 17.1. The van der Waals surface area contributed by atoms with Gasteiger partial charge in [-0.1, -0.05) is 54.6 Å². The molecule has 2 aromatic carbocycles. The number of rotatable bonds is 5. The standard InChI is InChI=1S/C18H18N2O2S/c21-23(22,15-16-8-3-1-4-9-16)20(17-10-5-2-6-11-17)18-12-7-13-19-14-18/h1-13,18H,14-15H2. The topological polar surface area (TPSA) is 49.7 Å². The van der Waals surface area contributed by atoms with Gasteiger partial charge in [-0.3, -0.25) is 9.30 Å². The lowest BCUT2D eigenvalue weighted by Gasteiger charge is -2.31. The average Bonchev–Trinajstić information content (AvgIpc) is 2.57. The predicted molar refractivity (Wildman–Crippen MR) is 94.3 cm³/mol. The molecule has 2 aromatic rings. The van der Waals surface area contributed by atoms with Gasteiger partial charge in [0.1, 0.15) is 0 Å². The molecule has 23 heavy (non-hydrogen) atoms. The number of para-hydroxylation sites is 1. The van der Waals surface area contributed by atoms with Gasteiger partial charge in [-0.05, 0) is 23.8 Å². The zero-order valence-electron chi connectivity index (χ0n) is 12.6. The molecule has 4 nitrogen and oxygen atoms in total. The molecule has 0 saturated carbocycles. The van der Waals surface area contributed by atoms with Gasteiger partial charge in [0.25, 0.3) is 0 Å². The van der Waals surface area contributed by atoms with Gasteiger partial charge in [0.2, 0.25) is 10.0 Å². The summed E-state index contributed by atoms with van der Waals surface area (Å²) in [5.74, 6) is -0.0310. The maximum atomic E-state index is 13.0. The van der Waals surface area contributed by atoms with Crippen LogP contribution in [-0.4, -0.2) is 27.2 Å². The van der Waals surface area contributed by atoms with Crippen LogP contribution in [0.15, 0.2) is 77.8 Å². The summed E-state index contributed by atoms with van der Waals surface area (Å²) in [5, 5.41) is 0. The van der Waals surface area contributed by atoms with Gasteiger partial charge in [0.05, 0.1) is 24.0 Å². The molecule has 1 atom stereocenters. The lowest BCUT2D eigenvalue weighted by molar-refractivity contribution is 0.584. The zero-order chi connectivity index (χ0) is 16.1. The summed E-state index contributed by atoms with van der Waals surface area (Å²) in [7, 11) is -3.52. The number of nitrogens with zero attached hydrogens (tertiary/aromatic N) is 2. The molecule has 0 N–H and O–H groups in total. The van der Waals surface area contributed by atoms with Crippen LogP contribution in [0.2, 0.25) is 0 Å². The molecule has 5 heteroatoms. The second kappa shape index (κ2) is 6.79. The van der Waals surface area contributed by atoms with Crippen molar-refractivity contribution in [3.63, 3.8) is 0 Å². The first-order chi connectivity index (χ1) is 11.2. The van der Waals surface area contributed by atoms with Gasteiger partial charge in [-0.25, -0.2) is 8.42 Å². The highest BCUT2D eigenvalue weighted by molar-refractivity contribution is 7.92. The van der Waals surface area contributed by atoms with E-state index in [9.17, 15) is 8.42 Å². The molecule has 118 valence electrons. The maximum absolute atomic E-state index is 13.0. The molecule has 1 aliphatic heterocycles. The molecule has 0 bridgehead atoms. The average molecular weight is 326 g/mol. The molecule has 0 radical (unpaired) electrons. The third-order valence-corrected chi connectivity index (χ3v) is 5.40. The van der Waals surface area contributed by atoms with E-state index < -0.39 is 10.0 Å². The van der Waals surface area contributed by atoms with Crippen molar-refractivity contribution in [1.29, 1.82) is 0 Å². The highest BCUT2D eigenvalue weighted by Crippen LogP contribution is 2.25. The highest BCUT2D eigenvalue weighted by atomic mass is 32.2. The first kappa shape index (κ1) is 15.5. The molecule has 0 saturated heterocycles. The van der Waals surface area contributed by atoms with Gasteiger partial charge in [-0.15, -0.1) is 0 Å². The smallest absolute Gasteiger partial charge is 0.239 e. The summed E-state index contributed by atoms with van der Waals surface area (Å²) >= 11 is 0. The van der Waals surface area contributed by atoms with Crippen LogP contribution in [0.1, 0.15) is 5.56 Å². The van der Waals surface area contributed by atoms with Crippen LogP contribution in [-0.2, 0) is 15.8 Å². The first-order valence-electron chi connectivity index (χ1n) is 7.44. The summed E-state index contributed by atoms with van der Waals surface area (Å²) in [6, 6.07) is 18.1. The lowest BCUT2D eigenvalue weighted by Crippen LogP contribution is -2.42. The Kier molecular flexibility index (Phi) is 4.57. The van der Waals surface area contributed by atoms with Crippen molar-refractivity contribution < 1.29 is 8.42 Å². The molecule has 1 unspecified atom stereocenters. The number of sulfonamides is 1. The van der Waals surface area contributed by atoms with Gasteiger partial charge in [0, 0.05) is 6.21 Å². The Balaban J connectivity index is 1.97. The van der Waals surface area contributed by atoms with Crippen molar-refractivity contribution in [3.8, 4) is 0 Å². The van der Waals surface area contributed by atoms with E-state index in [4.69, 9.17) is 0 Å². The summed E-state index contributed by atoms with van der Waals surface area (Å²) in [6.07, 6.45) is 5.37. The van der Waals surface area contributed by atoms with Crippen LogP contribution < -0.4 is 4.31 Å². The van der Waals surface area contributed by atoms with Crippen LogP contribution in [0.25, 0.3) is 0 Å². The Labute approximate surface area is 136 Å². The number of hydrogen-bond donors (Lipinski definition) is 0. The summed E-state index contributed by atoms with van der Waals surface area (Å²) in [6.45, 7) is 0.430. The third kappa shape index (κ3) is 3.68. The Hall–Kier alpha value is -2.40. The molecule has 3 rings (SSSR count). The molecule has 0 aromatic heterocycles. The second-order valence-corrected chi connectivity index (χ2v) is 7.19. The fourth-order valence-electron chi connectivity index (χ4n) is 2.61. The van der Waals surface area contributed by atoms with Crippen LogP contribution >= 0.6 is 0 Å². The van der Waals surface area contributed by atoms with Crippen molar-refractivity contribution in [1.82, 2.24) is 0 Å². The number of dihydropyridines is 1. The number of aliphatic imine (C=N–C) groups is 1. The van der Waals surface area contributed by atoms with Crippen LogP contribution in [0.3, 0.4) is 0 Å². The monoisotopic (exact) mass is 326 g/mol. The van der Waals surface area contributed by atoms with E-state index in [-0.39, 0.29) is 11.8 Å². The van der Waals surface area contributed by atoms with Crippen molar-refractivity contribution in [3.05, 3.63) is 78.4 Å². The molecule has 0 aliphatic carbocycles. The fraction of sp³-hybridized carbons (Fsp3) is 0.167. The van der Waals surface area contributed by atoms with E-state index in [1.807, 2.05) is 66.7 Å². The Morgan fingerprint density at radius 2 is 1.65 bits per heavy atom. The van der Waals surface area contributed by atoms with Gasteiger partial charge in [-0.2, -0.15) is 0 Å². The predicted octanol–water partition coefficient (Wildman–Crippen LogP) is 3.03. The van der Waals surface area contributed by atoms with Crippen molar-refractivity contribution in [2.45, 2.75) is 11.8 Å². The number of benzene rings is 2. The van der Waals surface area contributed by atoms with Crippen LogP contribution in [0.4, 0.5) is 5.69 Å². The van der Waals surface area contributed by atoms with Crippen molar-refractivity contribution in [2.75, 3.05) is 10.8 Å². The minimum absolute atomic E-state index is 0.0310. The first-order valence-corrected chi connectivity index (χ1v) is 9.05. The Bertz CT molecular complexity index is 799. The van der Waals surface area contributed by atoms with E-state index in [1.54, 1.807) is 12.3 Å². The Morgan fingerprint density at radius 3 is 2.26 bits per heavy atom. The van der Waals surface area contributed by atoms with Gasteiger partial charge >= 0.3 is 0 Å². The number of allylic oxidation sites excluding steroid dienone is 1. The molecule has 0 fully saturated rings. The fourth-order valence-corrected chi connectivity index (χ4v) is 4.35. The van der Waals surface area contributed by atoms with Gasteiger partial charge in [0.15, 0.2) is 0 Å². The van der Waals surface area contributed by atoms with Crippen LogP contribution in [0, 0.1) is 0 Å². The summed E-state index contributed by atoms with van der Waals surface area (Å²) in [4.78, 5) is 4.21. The number of anilines is 1. The van der Waals surface area contributed by atoms with Gasteiger partial charge < -0.3 is 0 Å². The summed E-state index contributed by atoms with van der Waals surface area (Å²) < 4.78 is 27.6. The quantitative estimate of drug-likeness (QED) is 0.848. The lowest BCUT2D eigenvalue weighted by atomic mass is 10.2. The highest BCUT2D eigenvalue weighted by Gasteiger charge is 2.29. The zero-order valence-corrected chi connectivity index (χ0v) is 13.4. The van der Waals surface area contributed by atoms with Crippen LogP contribution in [0.5, 0.6) is 0 Å². The molecule has 1 heterocycles. The Morgan fingerprint density at radius 1 is 1.00 bits per heavy atom. The van der Waals surface area contributed by atoms with E-state index in [1.165, 1.54) is 4.31 Å². The minimum atomic E-state index is -3.52. The second-order valence-electron chi connectivity index (χ2n) is 5.34. The SMILES string of the molecule is O=S(=O)(Cc1ccccc1)N(c1ccccc1)C1C=CC=NC1.